The van der Waals surface area contributed by atoms with Crippen LogP contribution in [0.5, 0.6) is 28.7 Å². The van der Waals surface area contributed by atoms with E-state index in [2.05, 4.69) is 0 Å². The molecule has 0 saturated carbocycles. The van der Waals surface area contributed by atoms with E-state index in [4.69, 9.17) is 13.9 Å². The molecule has 4 atom stereocenters. The Morgan fingerprint density at radius 3 is 2.32 bits per heavy atom. The molecule has 0 bridgehead atoms. The Bertz CT molecular complexity index is 1200. The Morgan fingerprint density at radius 1 is 0.935 bits per heavy atom. The van der Waals surface area contributed by atoms with Crippen LogP contribution in [0.3, 0.4) is 0 Å². The van der Waals surface area contributed by atoms with Gasteiger partial charge in [-0.05, 0) is 18.2 Å². The molecular formula is C20H18O11. The number of fused-ring (bicyclic) bond motifs is 1. The Balaban J connectivity index is 1.92. The van der Waals surface area contributed by atoms with E-state index in [1.807, 2.05) is 0 Å². The summed E-state index contributed by atoms with van der Waals surface area (Å²) in [5.41, 5.74) is -1.04. The van der Waals surface area contributed by atoms with Gasteiger partial charge in [0.25, 0.3) is 0 Å². The highest BCUT2D eigenvalue weighted by atomic mass is 16.7. The first-order valence-electron chi connectivity index (χ1n) is 9.05. The van der Waals surface area contributed by atoms with Crippen molar-refractivity contribution in [2.75, 3.05) is 6.61 Å². The fraction of sp³-hybridized carbons (Fsp3) is 0.250. The Labute approximate surface area is 173 Å². The third-order valence-electron chi connectivity index (χ3n) is 4.89. The van der Waals surface area contributed by atoms with E-state index in [-0.39, 0.29) is 28.0 Å². The summed E-state index contributed by atoms with van der Waals surface area (Å²) in [5.74, 6) is -2.78. The van der Waals surface area contributed by atoms with Crippen LogP contribution in [0.25, 0.3) is 22.3 Å². The molecule has 2 heterocycles. The second-order valence-electron chi connectivity index (χ2n) is 6.96. The van der Waals surface area contributed by atoms with Crippen molar-refractivity contribution in [3.05, 3.63) is 40.6 Å². The zero-order chi connectivity index (χ0) is 22.4. The van der Waals surface area contributed by atoms with Crippen molar-refractivity contribution in [2.45, 2.75) is 24.6 Å². The van der Waals surface area contributed by atoms with E-state index in [1.165, 1.54) is 6.07 Å². The zero-order valence-electron chi connectivity index (χ0n) is 15.7. The number of hydrogen-bond donors (Lipinski definition) is 7. The predicted octanol–water partition coefficient (Wildman–Crippen LogP) is 0.100. The molecule has 3 aromatic rings. The minimum absolute atomic E-state index is 0.0684. The number of ether oxygens (including phenoxy) is 2. The number of phenols is 4. The van der Waals surface area contributed by atoms with E-state index < -0.39 is 59.6 Å². The van der Waals surface area contributed by atoms with Crippen molar-refractivity contribution in [1.29, 1.82) is 0 Å². The molecule has 31 heavy (non-hydrogen) atoms. The van der Waals surface area contributed by atoms with Crippen molar-refractivity contribution < 1.29 is 49.6 Å². The van der Waals surface area contributed by atoms with Gasteiger partial charge in [0.15, 0.2) is 17.3 Å². The third-order valence-corrected chi connectivity index (χ3v) is 4.89. The van der Waals surface area contributed by atoms with Gasteiger partial charge in [-0.15, -0.1) is 0 Å². The van der Waals surface area contributed by atoms with Crippen molar-refractivity contribution in [1.82, 2.24) is 0 Å². The molecule has 1 aliphatic heterocycles. The van der Waals surface area contributed by atoms with Gasteiger partial charge < -0.3 is 49.6 Å². The standard InChI is InChI=1S/C20H18O11/c21-6-13-15(26)17(28)20(30-13)31-19-16(27)14-11(25)4-8(22)5-12(14)29-18(19)7-1-2-9(23)10(24)3-7/h1-5,13,15,17,20-26,28H,6H2/t13-,15+,17+,20+/m1/s1. The van der Waals surface area contributed by atoms with Crippen LogP contribution in [-0.4, -0.2) is 67.0 Å². The number of phenolic OH excluding ortho intramolecular Hbond substituents is 4. The predicted molar refractivity (Wildman–Crippen MR) is 103 cm³/mol. The average Bonchev–Trinajstić information content (AvgIpc) is 2.99. The van der Waals surface area contributed by atoms with E-state index in [0.717, 1.165) is 24.3 Å². The number of benzene rings is 2. The molecule has 164 valence electrons. The zero-order valence-corrected chi connectivity index (χ0v) is 15.7. The lowest BCUT2D eigenvalue weighted by Crippen LogP contribution is -2.36. The number of hydrogen-bond acceptors (Lipinski definition) is 11. The lowest BCUT2D eigenvalue weighted by Gasteiger charge is -2.19. The monoisotopic (exact) mass is 434 g/mol. The number of aromatic hydroxyl groups is 4. The van der Waals surface area contributed by atoms with Crippen molar-refractivity contribution in [3.8, 4) is 40.1 Å². The van der Waals surface area contributed by atoms with Crippen LogP contribution < -0.4 is 10.2 Å². The van der Waals surface area contributed by atoms with Crippen molar-refractivity contribution in [2.24, 2.45) is 0 Å². The maximum absolute atomic E-state index is 13.1. The molecule has 11 heteroatoms. The highest BCUT2D eigenvalue weighted by Crippen LogP contribution is 2.39. The van der Waals surface area contributed by atoms with Crippen LogP contribution in [-0.2, 0) is 4.74 Å². The van der Waals surface area contributed by atoms with Crippen LogP contribution >= 0.6 is 0 Å². The van der Waals surface area contributed by atoms with Gasteiger partial charge in [-0.25, -0.2) is 0 Å². The van der Waals surface area contributed by atoms with Crippen LogP contribution in [0.4, 0.5) is 0 Å². The second-order valence-corrected chi connectivity index (χ2v) is 6.96. The molecule has 0 unspecified atom stereocenters. The topological polar surface area (TPSA) is 190 Å². The molecule has 1 fully saturated rings. The highest BCUT2D eigenvalue weighted by molar-refractivity contribution is 5.88. The molecule has 7 N–H and O–H groups in total. The molecule has 1 aromatic heterocycles. The Hall–Kier alpha value is -3.51. The number of rotatable bonds is 4. The van der Waals surface area contributed by atoms with Gasteiger partial charge in [-0.1, -0.05) is 0 Å². The molecule has 1 aliphatic rings. The van der Waals surface area contributed by atoms with E-state index in [1.54, 1.807) is 0 Å². The van der Waals surface area contributed by atoms with Gasteiger partial charge in [-0.2, -0.15) is 0 Å². The van der Waals surface area contributed by atoms with Gasteiger partial charge in [0.2, 0.25) is 17.5 Å². The smallest absolute Gasteiger partial charge is 0.239 e. The summed E-state index contributed by atoms with van der Waals surface area (Å²) in [6.07, 6.45) is -5.86. The minimum atomic E-state index is -1.62. The summed E-state index contributed by atoms with van der Waals surface area (Å²) in [6, 6.07) is 5.50. The fourth-order valence-electron chi connectivity index (χ4n) is 3.31. The summed E-state index contributed by atoms with van der Waals surface area (Å²) < 4.78 is 16.4. The van der Waals surface area contributed by atoms with Crippen molar-refractivity contribution >= 4 is 11.0 Å². The lowest BCUT2D eigenvalue weighted by molar-refractivity contribution is -0.117. The van der Waals surface area contributed by atoms with Gasteiger partial charge in [-0.3, -0.25) is 4.79 Å². The quantitative estimate of drug-likeness (QED) is 0.276. The molecule has 2 aromatic carbocycles. The van der Waals surface area contributed by atoms with E-state index in [0.29, 0.717) is 0 Å². The molecule has 0 amide bonds. The molecule has 0 spiro atoms. The Morgan fingerprint density at radius 2 is 1.68 bits per heavy atom. The summed E-state index contributed by atoms with van der Waals surface area (Å²) in [5, 5.41) is 68.3. The molecule has 0 aliphatic carbocycles. The molecule has 11 nitrogen and oxygen atoms in total. The number of aliphatic hydroxyl groups excluding tert-OH is 3. The maximum Gasteiger partial charge on any atom is 0.239 e. The van der Waals surface area contributed by atoms with Gasteiger partial charge in [0, 0.05) is 17.7 Å². The van der Waals surface area contributed by atoms with Crippen LogP contribution in [0.2, 0.25) is 0 Å². The molecule has 1 saturated heterocycles. The maximum atomic E-state index is 13.1. The normalized spacial score (nSPS) is 23.3. The minimum Gasteiger partial charge on any atom is -0.508 e. The first-order chi connectivity index (χ1) is 14.7. The van der Waals surface area contributed by atoms with Gasteiger partial charge in [0.05, 0.1) is 6.61 Å². The molecular weight excluding hydrogens is 416 g/mol. The first kappa shape index (κ1) is 20.8. The molecule has 4 rings (SSSR count). The third kappa shape index (κ3) is 3.49. The lowest BCUT2D eigenvalue weighted by atomic mass is 10.1. The highest BCUT2D eigenvalue weighted by Gasteiger charge is 2.44. The van der Waals surface area contributed by atoms with Crippen LogP contribution in [0.15, 0.2) is 39.5 Å². The molecule has 0 radical (unpaired) electrons. The van der Waals surface area contributed by atoms with E-state index in [9.17, 15) is 40.5 Å². The SMILES string of the molecule is O=c1c(O[C@@H]2O[C@H](CO)[C@H](O)[C@@H]2O)c(-c2ccc(O)c(O)c2)oc2cc(O)cc(O)c12. The summed E-state index contributed by atoms with van der Waals surface area (Å²) in [4.78, 5) is 13.1. The van der Waals surface area contributed by atoms with Gasteiger partial charge >= 0.3 is 0 Å². The summed E-state index contributed by atoms with van der Waals surface area (Å²) in [6.45, 7) is -0.622. The second kappa shape index (κ2) is 7.63. The first-order valence-corrected chi connectivity index (χ1v) is 9.05. The fourth-order valence-corrected chi connectivity index (χ4v) is 3.31. The van der Waals surface area contributed by atoms with Crippen LogP contribution in [0.1, 0.15) is 0 Å². The van der Waals surface area contributed by atoms with Crippen LogP contribution in [0, 0.1) is 0 Å². The van der Waals surface area contributed by atoms with Crippen molar-refractivity contribution in [3.63, 3.8) is 0 Å². The van der Waals surface area contributed by atoms with Gasteiger partial charge in [0.1, 0.15) is 40.8 Å². The van der Waals surface area contributed by atoms with E-state index >= 15 is 0 Å². The average molecular weight is 434 g/mol. The summed E-state index contributed by atoms with van der Waals surface area (Å²) >= 11 is 0. The largest absolute Gasteiger partial charge is 0.508 e. The Kier molecular flexibility index (Phi) is 5.11. The summed E-state index contributed by atoms with van der Waals surface area (Å²) in [7, 11) is 0. The number of aliphatic hydroxyl groups is 3.